The van der Waals surface area contributed by atoms with E-state index in [1.807, 2.05) is 7.11 Å². The summed E-state index contributed by atoms with van der Waals surface area (Å²) < 4.78 is 5.65. The van der Waals surface area contributed by atoms with Crippen molar-refractivity contribution in [2.24, 2.45) is 34.5 Å². The summed E-state index contributed by atoms with van der Waals surface area (Å²) in [6.07, 6.45) is 9.06. The van der Waals surface area contributed by atoms with E-state index in [9.17, 15) is 9.59 Å². The van der Waals surface area contributed by atoms with Crippen molar-refractivity contribution >= 4 is 11.8 Å². The molecular formula is C20H31NO3. The van der Waals surface area contributed by atoms with Crippen LogP contribution in [0.25, 0.3) is 0 Å². The summed E-state index contributed by atoms with van der Waals surface area (Å²) in [6.45, 7) is 4.60. The number of hydrogen-bond acceptors (Lipinski definition) is 3. The Kier molecular flexibility index (Phi) is 3.83. The number of rotatable bonds is 1. The fourth-order valence-electron chi connectivity index (χ4n) is 6.93. The lowest BCUT2D eigenvalue weighted by molar-refractivity contribution is -0.166. The van der Waals surface area contributed by atoms with Gasteiger partial charge in [-0.25, -0.2) is 0 Å². The maximum Gasteiger partial charge on any atom is 0.232 e. The van der Waals surface area contributed by atoms with E-state index >= 15 is 0 Å². The average Bonchev–Trinajstić information content (AvgIpc) is 2.55. The van der Waals surface area contributed by atoms with Crippen LogP contribution in [0.2, 0.25) is 0 Å². The van der Waals surface area contributed by atoms with Crippen LogP contribution >= 0.6 is 0 Å². The van der Waals surface area contributed by atoms with Gasteiger partial charge in [-0.3, -0.25) is 14.9 Å². The van der Waals surface area contributed by atoms with Gasteiger partial charge in [-0.15, -0.1) is 0 Å². The van der Waals surface area contributed by atoms with Gasteiger partial charge in [-0.05, 0) is 74.0 Å². The van der Waals surface area contributed by atoms with Gasteiger partial charge in [0, 0.05) is 13.5 Å². The first-order valence-electron chi connectivity index (χ1n) is 9.75. The second kappa shape index (κ2) is 5.55. The highest BCUT2D eigenvalue weighted by atomic mass is 16.5. The van der Waals surface area contributed by atoms with Gasteiger partial charge in [0.1, 0.15) is 0 Å². The molecule has 0 radical (unpaired) electrons. The van der Waals surface area contributed by atoms with Crippen molar-refractivity contribution in [3.05, 3.63) is 0 Å². The standard InChI is InChI=1S/C20H31NO3/c1-19-8-6-13(24-3)10-12(19)4-5-14-15(19)7-9-20(2)16(14)11-17(22)21-18(20)23/h12-16H,4-11H2,1-3H3,(H,21,22,23)/t12-,13+,14+,15-,16+,19-,20-/m0/s1. The second-order valence-corrected chi connectivity index (χ2v) is 9.33. The molecule has 1 heterocycles. The second-order valence-electron chi connectivity index (χ2n) is 9.33. The molecule has 2 amide bonds. The molecule has 1 saturated heterocycles. The highest BCUT2D eigenvalue weighted by molar-refractivity contribution is 6.01. The summed E-state index contributed by atoms with van der Waals surface area (Å²) >= 11 is 0. The number of nitrogens with one attached hydrogen (secondary N) is 1. The number of piperidine rings is 1. The fourth-order valence-corrected chi connectivity index (χ4v) is 6.93. The molecule has 4 aliphatic rings. The first-order chi connectivity index (χ1) is 11.4. The Balaban J connectivity index is 1.62. The Morgan fingerprint density at radius 1 is 1.04 bits per heavy atom. The van der Waals surface area contributed by atoms with E-state index < -0.39 is 0 Å². The molecule has 0 bridgehead atoms. The Labute approximate surface area is 145 Å². The van der Waals surface area contributed by atoms with Crippen molar-refractivity contribution < 1.29 is 14.3 Å². The fraction of sp³-hybridized carbons (Fsp3) is 0.900. The lowest BCUT2D eigenvalue weighted by atomic mass is 9.44. The smallest absolute Gasteiger partial charge is 0.232 e. The minimum absolute atomic E-state index is 0.0161. The molecule has 134 valence electrons. The summed E-state index contributed by atoms with van der Waals surface area (Å²) in [6, 6.07) is 0. The molecule has 4 nitrogen and oxygen atoms in total. The molecule has 0 aromatic rings. The van der Waals surface area contributed by atoms with E-state index in [1.165, 1.54) is 25.7 Å². The Morgan fingerprint density at radius 2 is 1.83 bits per heavy atom. The highest BCUT2D eigenvalue weighted by Gasteiger charge is 2.60. The quantitative estimate of drug-likeness (QED) is 0.749. The van der Waals surface area contributed by atoms with Crippen LogP contribution in [0.15, 0.2) is 0 Å². The molecular weight excluding hydrogens is 302 g/mol. The normalized spacial score (nSPS) is 51.2. The number of ether oxygens (including phenoxy) is 1. The van der Waals surface area contributed by atoms with Crippen molar-refractivity contribution in [1.29, 1.82) is 0 Å². The summed E-state index contributed by atoms with van der Waals surface area (Å²) in [7, 11) is 1.84. The molecule has 24 heavy (non-hydrogen) atoms. The van der Waals surface area contributed by atoms with Crippen molar-refractivity contribution in [3.8, 4) is 0 Å². The van der Waals surface area contributed by atoms with Crippen molar-refractivity contribution in [1.82, 2.24) is 5.32 Å². The molecule has 4 fully saturated rings. The Bertz CT molecular complexity index is 561. The van der Waals surface area contributed by atoms with Crippen molar-refractivity contribution in [3.63, 3.8) is 0 Å². The van der Waals surface area contributed by atoms with Crippen LogP contribution in [0.3, 0.4) is 0 Å². The summed E-state index contributed by atoms with van der Waals surface area (Å²) in [5.74, 6) is 2.13. The molecule has 0 aromatic heterocycles. The number of fused-ring (bicyclic) bond motifs is 5. The van der Waals surface area contributed by atoms with Crippen molar-refractivity contribution in [2.45, 2.75) is 71.3 Å². The third kappa shape index (κ3) is 2.21. The van der Waals surface area contributed by atoms with Gasteiger partial charge in [0.05, 0.1) is 11.5 Å². The molecule has 3 saturated carbocycles. The first-order valence-corrected chi connectivity index (χ1v) is 9.75. The topological polar surface area (TPSA) is 55.4 Å². The number of hydrogen-bond donors (Lipinski definition) is 1. The van der Waals surface area contributed by atoms with Crippen LogP contribution in [-0.2, 0) is 14.3 Å². The van der Waals surface area contributed by atoms with E-state index in [4.69, 9.17) is 4.74 Å². The van der Waals surface area contributed by atoms with Gasteiger partial charge in [-0.1, -0.05) is 13.8 Å². The highest BCUT2D eigenvalue weighted by Crippen LogP contribution is 2.64. The van der Waals surface area contributed by atoms with Gasteiger partial charge in [0.2, 0.25) is 11.8 Å². The van der Waals surface area contributed by atoms with Crippen LogP contribution in [0.4, 0.5) is 0 Å². The Hall–Kier alpha value is -0.900. The molecule has 7 atom stereocenters. The van der Waals surface area contributed by atoms with E-state index in [2.05, 4.69) is 19.2 Å². The largest absolute Gasteiger partial charge is 0.381 e. The van der Waals surface area contributed by atoms with Gasteiger partial charge in [0.15, 0.2) is 0 Å². The number of amides is 2. The maximum absolute atomic E-state index is 12.5. The average molecular weight is 333 g/mol. The molecule has 4 rings (SSSR count). The third-order valence-electron chi connectivity index (χ3n) is 8.52. The molecule has 0 unspecified atom stereocenters. The van der Waals surface area contributed by atoms with Crippen LogP contribution < -0.4 is 5.32 Å². The van der Waals surface area contributed by atoms with E-state index in [1.54, 1.807) is 0 Å². The van der Waals surface area contributed by atoms with Gasteiger partial charge < -0.3 is 4.74 Å². The molecule has 3 aliphatic carbocycles. The predicted octanol–water partition coefficient (Wildman–Crippen LogP) is 3.30. The van der Waals surface area contributed by atoms with Crippen molar-refractivity contribution in [2.75, 3.05) is 7.11 Å². The van der Waals surface area contributed by atoms with E-state index in [-0.39, 0.29) is 23.1 Å². The number of carbonyl (C=O) groups excluding carboxylic acids is 2. The van der Waals surface area contributed by atoms with Crippen LogP contribution in [0.1, 0.15) is 65.2 Å². The lowest BCUT2D eigenvalue weighted by Crippen LogP contribution is -2.61. The zero-order valence-electron chi connectivity index (χ0n) is 15.3. The minimum atomic E-state index is -0.331. The van der Waals surface area contributed by atoms with E-state index in [0.717, 1.165) is 25.2 Å². The lowest BCUT2D eigenvalue weighted by Gasteiger charge is -2.61. The molecule has 0 aromatic carbocycles. The number of imide groups is 1. The monoisotopic (exact) mass is 333 g/mol. The molecule has 0 spiro atoms. The first kappa shape index (κ1) is 16.6. The van der Waals surface area contributed by atoms with Crippen LogP contribution in [0.5, 0.6) is 0 Å². The van der Waals surface area contributed by atoms with E-state index in [0.29, 0.717) is 29.8 Å². The predicted molar refractivity (Wildman–Crippen MR) is 91.1 cm³/mol. The van der Waals surface area contributed by atoms with Crippen LogP contribution in [0, 0.1) is 34.5 Å². The molecule has 1 N–H and O–H groups in total. The molecule has 1 aliphatic heterocycles. The summed E-state index contributed by atoms with van der Waals surface area (Å²) in [4.78, 5) is 24.6. The molecule has 4 heteroatoms. The zero-order chi connectivity index (χ0) is 17.1. The van der Waals surface area contributed by atoms with Gasteiger partial charge >= 0.3 is 0 Å². The number of carbonyl (C=O) groups is 2. The Morgan fingerprint density at radius 3 is 2.58 bits per heavy atom. The number of methoxy groups -OCH3 is 1. The zero-order valence-corrected chi connectivity index (χ0v) is 15.3. The summed E-state index contributed by atoms with van der Waals surface area (Å²) in [5, 5.41) is 2.60. The SMILES string of the molecule is CO[C@@H]1CC[C@@]2(C)[C@@H](CC[C@H]3[C@H]4CC(=O)NC(=O)[C@@]4(C)CC[C@@H]32)C1. The summed E-state index contributed by atoms with van der Waals surface area (Å²) in [5.41, 5.74) is 0.0399. The maximum atomic E-state index is 12.5. The minimum Gasteiger partial charge on any atom is -0.381 e. The van der Waals surface area contributed by atoms with Gasteiger partial charge in [0.25, 0.3) is 0 Å². The third-order valence-corrected chi connectivity index (χ3v) is 8.52. The van der Waals surface area contributed by atoms with Gasteiger partial charge in [-0.2, -0.15) is 0 Å². The van der Waals surface area contributed by atoms with Crippen LogP contribution in [-0.4, -0.2) is 25.0 Å².